The molecule has 7 heteroatoms. The predicted octanol–water partition coefficient (Wildman–Crippen LogP) is 1.82. The Morgan fingerprint density at radius 1 is 1.58 bits per heavy atom. The summed E-state index contributed by atoms with van der Waals surface area (Å²) in [5, 5.41) is 13.6. The number of benzene rings is 1. The first-order chi connectivity index (χ1) is 9.02. The van der Waals surface area contributed by atoms with Crippen LogP contribution in [0.3, 0.4) is 0 Å². The summed E-state index contributed by atoms with van der Waals surface area (Å²) in [4.78, 5) is 22.3. The minimum absolute atomic E-state index is 0.0568. The SMILES string of the molecule is NCC(NC(=O)c1cc([N+](=O)[O-])ccc1Br)C1CC1. The lowest BCUT2D eigenvalue weighted by atomic mass is 10.1. The van der Waals surface area contributed by atoms with Gasteiger partial charge in [0, 0.05) is 29.2 Å². The molecule has 1 aliphatic carbocycles. The lowest BCUT2D eigenvalue weighted by molar-refractivity contribution is -0.384. The number of nitro groups is 1. The Kier molecular flexibility index (Phi) is 4.16. The Morgan fingerprint density at radius 3 is 2.79 bits per heavy atom. The first-order valence-electron chi connectivity index (χ1n) is 5.97. The van der Waals surface area contributed by atoms with Crippen molar-refractivity contribution in [2.75, 3.05) is 6.54 Å². The van der Waals surface area contributed by atoms with Crippen molar-refractivity contribution < 1.29 is 9.72 Å². The quantitative estimate of drug-likeness (QED) is 0.636. The lowest BCUT2D eigenvalue weighted by Crippen LogP contribution is -2.41. The summed E-state index contributed by atoms with van der Waals surface area (Å²) in [5.41, 5.74) is 5.77. The second-order valence-corrected chi connectivity index (χ2v) is 5.43. The van der Waals surface area contributed by atoms with Crippen LogP contribution in [-0.4, -0.2) is 23.4 Å². The van der Waals surface area contributed by atoms with Gasteiger partial charge in [-0.2, -0.15) is 0 Å². The third-order valence-corrected chi connectivity index (χ3v) is 3.86. The van der Waals surface area contributed by atoms with Gasteiger partial charge >= 0.3 is 0 Å². The number of amides is 1. The molecule has 0 saturated heterocycles. The van der Waals surface area contributed by atoms with Gasteiger partial charge in [-0.1, -0.05) is 0 Å². The van der Waals surface area contributed by atoms with Crippen LogP contribution in [0.15, 0.2) is 22.7 Å². The summed E-state index contributed by atoms with van der Waals surface area (Å²) < 4.78 is 0.530. The van der Waals surface area contributed by atoms with Crippen LogP contribution < -0.4 is 11.1 Å². The van der Waals surface area contributed by atoms with Crippen LogP contribution in [0.25, 0.3) is 0 Å². The number of rotatable bonds is 5. The lowest BCUT2D eigenvalue weighted by Gasteiger charge is -2.16. The average molecular weight is 328 g/mol. The number of hydrogen-bond acceptors (Lipinski definition) is 4. The highest BCUT2D eigenvalue weighted by Gasteiger charge is 2.31. The largest absolute Gasteiger partial charge is 0.348 e. The van der Waals surface area contributed by atoms with E-state index in [0.29, 0.717) is 16.9 Å². The molecule has 1 aromatic carbocycles. The van der Waals surface area contributed by atoms with E-state index >= 15 is 0 Å². The maximum absolute atomic E-state index is 12.1. The highest BCUT2D eigenvalue weighted by Crippen LogP contribution is 2.32. The van der Waals surface area contributed by atoms with Gasteiger partial charge in [-0.3, -0.25) is 14.9 Å². The first-order valence-corrected chi connectivity index (χ1v) is 6.77. The third-order valence-electron chi connectivity index (χ3n) is 3.17. The van der Waals surface area contributed by atoms with E-state index in [9.17, 15) is 14.9 Å². The van der Waals surface area contributed by atoms with Gasteiger partial charge in [0.05, 0.1) is 10.5 Å². The van der Waals surface area contributed by atoms with E-state index in [1.165, 1.54) is 18.2 Å². The molecule has 1 atom stereocenters. The number of nitro benzene ring substituents is 1. The van der Waals surface area contributed by atoms with E-state index in [2.05, 4.69) is 21.2 Å². The van der Waals surface area contributed by atoms with Crippen molar-refractivity contribution in [3.05, 3.63) is 38.3 Å². The second kappa shape index (κ2) is 5.66. The summed E-state index contributed by atoms with van der Waals surface area (Å²) in [5.74, 6) is 0.101. The Balaban J connectivity index is 2.17. The zero-order valence-corrected chi connectivity index (χ0v) is 11.7. The second-order valence-electron chi connectivity index (χ2n) is 4.57. The van der Waals surface area contributed by atoms with E-state index in [0.717, 1.165) is 12.8 Å². The molecule has 0 aliphatic heterocycles. The number of nitrogens with zero attached hydrogens (tertiary/aromatic N) is 1. The molecule has 1 aliphatic rings. The fourth-order valence-corrected chi connectivity index (χ4v) is 2.34. The number of hydrogen-bond donors (Lipinski definition) is 2. The highest BCUT2D eigenvalue weighted by atomic mass is 79.9. The molecule has 1 aromatic rings. The van der Waals surface area contributed by atoms with Crippen molar-refractivity contribution >= 4 is 27.5 Å². The van der Waals surface area contributed by atoms with Gasteiger partial charge in [0.2, 0.25) is 0 Å². The zero-order valence-electron chi connectivity index (χ0n) is 10.1. The van der Waals surface area contributed by atoms with Crippen molar-refractivity contribution in [3.8, 4) is 0 Å². The zero-order chi connectivity index (χ0) is 14.0. The van der Waals surface area contributed by atoms with Crippen molar-refractivity contribution in [2.24, 2.45) is 11.7 Å². The Hall–Kier alpha value is -1.47. The Morgan fingerprint density at radius 2 is 2.26 bits per heavy atom. The van der Waals surface area contributed by atoms with Gasteiger partial charge in [0.15, 0.2) is 0 Å². The standard InChI is InChI=1S/C12H14BrN3O3/c13-10-4-3-8(16(18)19)5-9(10)12(17)15-11(6-14)7-1-2-7/h3-5,7,11H,1-2,6,14H2,(H,15,17). The molecule has 0 radical (unpaired) electrons. The normalized spacial score (nSPS) is 15.9. The fourth-order valence-electron chi connectivity index (χ4n) is 1.91. The van der Waals surface area contributed by atoms with Gasteiger partial charge in [-0.05, 0) is 40.8 Å². The molecule has 3 N–H and O–H groups in total. The van der Waals surface area contributed by atoms with Gasteiger partial charge in [0.25, 0.3) is 11.6 Å². The van der Waals surface area contributed by atoms with E-state index < -0.39 is 4.92 Å². The maximum Gasteiger partial charge on any atom is 0.270 e. The van der Waals surface area contributed by atoms with E-state index in [1.807, 2.05) is 0 Å². The predicted molar refractivity (Wildman–Crippen MR) is 73.8 cm³/mol. The molecule has 0 bridgehead atoms. The minimum atomic E-state index is -0.523. The molecule has 1 saturated carbocycles. The van der Waals surface area contributed by atoms with Crippen molar-refractivity contribution in [1.29, 1.82) is 0 Å². The molecule has 1 fully saturated rings. The van der Waals surface area contributed by atoms with E-state index in [1.54, 1.807) is 0 Å². The first kappa shape index (κ1) is 14.0. The van der Waals surface area contributed by atoms with E-state index in [4.69, 9.17) is 5.73 Å². The molecule has 1 amide bonds. The number of carbonyl (C=O) groups is 1. The van der Waals surface area contributed by atoms with E-state index in [-0.39, 0.29) is 23.2 Å². The van der Waals surface area contributed by atoms with Gasteiger partial charge < -0.3 is 11.1 Å². The topological polar surface area (TPSA) is 98.3 Å². The molecule has 0 spiro atoms. The molecule has 19 heavy (non-hydrogen) atoms. The average Bonchev–Trinajstić information content (AvgIpc) is 3.20. The summed E-state index contributed by atoms with van der Waals surface area (Å²) in [6.45, 7) is 0.378. The van der Waals surface area contributed by atoms with Crippen LogP contribution in [-0.2, 0) is 0 Å². The smallest absolute Gasteiger partial charge is 0.270 e. The van der Waals surface area contributed by atoms with Crippen molar-refractivity contribution in [2.45, 2.75) is 18.9 Å². The Labute approximate surface area is 118 Å². The molecule has 102 valence electrons. The molecule has 0 heterocycles. The van der Waals surface area contributed by atoms with Gasteiger partial charge in [-0.15, -0.1) is 0 Å². The van der Waals surface area contributed by atoms with Crippen molar-refractivity contribution in [1.82, 2.24) is 5.32 Å². The maximum atomic E-state index is 12.1. The van der Waals surface area contributed by atoms with Crippen LogP contribution in [0.4, 0.5) is 5.69 Å². The molecular formula is C12H14BrN3O3. The number of carbonyl (C=O) groups excluding carboxylic acids is 1. The summed E-state index contributed by atoms with van der Waals surface area (Å²) in [6.07, 6.45) is 2.14. The summed E-state index contributed by atoms with van der Waals surface area (Å²) in [6, 6.07) is 4.06. The monoisotopic (exact) mass is 327 g/mol. The highest BCUT2D eigenvalue weighted by molar-refractivity contribution is 9.10. The van der Waals surface area contributed by atoms with Crippen LogP contribution in [0.5, 0.6) is 0 Å². The molecule has 2 rings (SSSR count). The van der Waals surface area contributed by atoms with Crippen LogP contribution in [0.2, 0.25) is 0 Å². The van der Waals surface area contributed by atoms with Gasteiger partial charge in [-0.25, -0.2) is 0 Å². The number of non-ortho nitro benzene ring substituents is 1. The van der Waals surface area contributed by atoms with Crippen LogP contribution in [0, 0.1) is 16.0 Å². The number of nitrogens with one attached hydrogen (secondary N) is 1. The van der Waals surface area contributed by atoms with Crippen molar-refractivity contribution in [3.63, 3.8) is 0 Å². The summed E-state index contributed by atoms with van der Waals surface area (Å²) in [7, 11) is 0. The summed E-state index contributed by atoms with van der Waals surface area (Å²) >= 11 is 3.23. The molecule has 1 unspecified atom stereocenters. The molecule has 0 aromatic heterocycles. The van der Waals surface area contributed by atoms with Crippen LogP contribution in [0.1, 0.15) is 23.2 Å². The minimum Gasteiger partial charge on any atom is -0.348 e. The number of halogens is 1. The Bertz CT molecular complexity index is 517. The number of nitrogens with two attached hydrogens (primary N) is 1. The third kappa shape index (κ3) is 3.30. The van der Waals surface area contributed by atoms with Gasteiger partial charge in [0.1, 0.15) is 0 Å². The fraction of sp³-hybridized carbons (Fsp3) is 0.417. The molecule has 6 nitrogen and oxygen atoms in total. The van der Waals surface area contributed by atoms with Crippen LogP contribution >= 0.6 is 15.9 Å². The molecular weight excluding hydrogens is 314 g/mol.